The van der Waals surface area contributed by atoms with Gasteiger partial charge in [-0.15, -0.1) is 0 Å². The zero-order valence-corrected chi connectivity index (χ0v) is 7.85. The van der Waals surface area contributed by atoms with Crippen LogP contribution in [0.25, 0.3) is 10.8 Å². The van der Waals surface area contributed by atoms with Crippen molar-refractivity contribution in [2.24, 2.45) is 0 Å². The van der Waals surface area contributed by atoms with Crippen LogP contribution in [0.4, 0.5) is 18.9 Å². The largest absolute Gasteiger partial charge is 0.493 e. The van der Waals surface area contributed by atoms with Gasteiger partial charge in [0, 0.05) is 16.5 Å². The van der Waals surface area contributed by atoms with Crippen molar-refractivity contribution in [3.8, 4) is 5.75 Å². The summed E-state index contributed by atoms with van der Waals surface area (Å²) in [7, 11) is -2.99. The molecule has 0 aliphatic heterocycles. The van der Waals surface area contributed by atoms with Crippen LogP contribution in [0.3, 0.4) is 0 Å². The summed E-state index contributed by atoms with van der Waals surface area (Å²) in [5.74, 6) is -5.81. The molecule has 0 aliphatic carbocycles. The standard InChI is InChI=1S/C11H8F3NO/c1-16-11-6-3-2-5(15)4-7(6)8(12)9(13)10(11)14/h2-4H,15H2,1H3/i1D3. The van der Waals surface area contributed by atoms with E-state index < -0.39 is 30.2 Å². The zero-order valence-electron chi connectivity index (χ0n) is 10.9. The molecule has 0 saturated heterocycles. The normalized spacial score (nSPS) is 14.3. The van der Waals surface area contributed by atoms with E-state index in [1.54, 1.807) is 0 Å². The Balaban J connectivity index is 2.82. The van der Waals surface area contributed by atoms with Crippen LogP contribution in [0, 0.1) is 17.5 Å². The minimum atomic E-state index is -2.99. The molecule has 5 heteroatoms. The second-order valence-electron chi connectivity index (χ2n) is 3.18. The van der Waals surface area contributed by atoms with Gasteiger partial charge in [0.15, 0.2) is 17.4 Å². The zero-order chi connectivity index (χ0) is 14.4. The van der Waals surface area contributed by atoms with Gasteiger partial charge in [-0.1, -0.05) is 0 Å². The minimum absolute atomic E-state index is 0.122. The molecule has 0 spiro atoms. The summed E-state index contributed by atoms with van der Waals surface area (Å²) < 4.78 is 65.7. The SMILES string of the molecule is [2H]C([2H])([2H])Oc1c(F)c(F)c(F)c2cc(N)ccc12. The van der Waals surface area contributed by atoms with E-state index in [0.717, 1.165) is 12.1 Å². The van der Waals surface area contributed by atoms with Crippen molar-refractivity contribution in [2.75, 3.05) is 12.8 Å². The third-order valence-corrected chi connectivity index (χ3v) is 2.21. The summed E-state index contributed by atoms with van der Waals surface area (Å²) in [5.41, 5.74) is 5.55. The van der Waals surface area contributed by atoms with Gasteiger partial charge in [-0.3, -0.25) is 0 Å². The molecule has 0 heterocycles. The van der Waals surface area contributed by atoms with E-state index >= 15 is 0 Å². The first-order chi connectivity index (χ1) is 8.70. The molecule has 0 atom stereocenters. The van der Waals surface area contributed by atoms with Crippen LogP contribution in [-0.4, -0.2) is 7.04 Å². The maximum absolute atomic E-state index is 13.6. The topological polar surface area (TPSA) is 35.2 Å². The highest BCUT2D eigenvalue weighted by molar-refractivity contribution is 5.91. The molecular formula is C11H8F3NO. The van der Waals surface area contributed by atoms with Crippen LogP contribution in [0.5, 0.6) is 5.75 Å². The molecule has 0 unspecified atom stereocenters. The van der Waals surface area contributed by atoms with Gasteiger partial charge in [0.05, 0.1) is 11.2 Å². The van der Waals surface area contributed by atoms with Crippen molar-refractivity contribution in [3.63, 3.8) is 0 Å². The summed E-state index contributed by atoms with van der Waals surface area (Å²) >= 11 is 0. The predicted octanol–water partition coefficient (Wildman–Crippen LogP) is 2.85. The summed E-state index contributed by atoms with van der Waals surface area (Å²) in [6.45, 7) is 0. The number of rotatable bonds is 1. The average molecular weight is 230 g/mol. The molecule has 2 aromatic rings. The number of nitrogens with two attached hydrogens (primary N) is 1. The fourth-order valence-corrected chi connectivity index (χ4v) is 1.47. The number of methoxy groups -OCH3 is 1. The Morgan fingerprint density at radius 1 is 1.12 bits per heavy atom. The molecule has 0 aliphatic rings. The van der Waals surface area contributed by atoms with E-state index in [0.29, 0.717) is 0 Å². The second-order valence-corrected chi connectivity index (χ2v) is 3.18. The monoisotopic (exact) mass is 230 g/mol. The molecule has 0 fully saturated rings. The van der Waals surface area contributed by atoms with Crippen molar-refractivity contribution < 1.29 is 22.0 Å². The van der Waals surface area contributed by atoms with Crippen LogP contribution in [0.15, 0.2) is 18.2 Å². The molecule has 2 nitrogen and oxygen atoms in total. The van der Waals surface area contributed by atoms with Crippen molar-refractivity contribution in [1.82, 2.24) is 0 Å². The third kappa shape index (κ3) is 1.36. The van der Waals surface area contributed by atoms with Crippen LogP contribution in [0.2, 0.25) is 0 Å². The highest BCUT2D eigenvalue weighted by Gasteiger charge is 2.20. The number of benzene rings is 2. The van der Waals surface area contributed by atoms with Gasteiger partial charge < -0.3 is 10.5 Å². The minimum Gasteiger partial charge on any atom is -0.493 e. The predicted molar refractivity (Wildman–Crippen MR) is 54.8 cm³/mol. The van der Waals surface area contributed by atoms with E-state index in [-0.39, 0.29) is 16.5 Å². The number of ether oxygens (including phenoxy) is 1. The molecular weight excluding hydrogens is 219 g/mol. The quantitative estimate of drug-likeness (QED) is 0.604. The Labute approximate surface area is 93.6 Å². The first kappa shape index (κ1) is 7.38. The van der Waals surface area contributed by atoms with Crippen LogP contribution in [0.1, 0.15) is 4.11 Å². The lowest BCUT2D eigenvalue weighted by Crippen LogP contribution is -1.99. The van der Waals surface area contributed by atoms with Crippen molar-refractivity contribution in [2.45, 2.75) is 0 Å². The van der Waals surface area contributed by atoms with Gasteiger partial charge in [-0.05, 0) is 18.2 Å². The van der Waals surface area contributed by atoms with Crippen LogP contribution >= 0.6 is 0 Å². The highest BCUT2D eigenvalue weighted by Crippen LogP contribution is 2.34. The third-order valence-electron chi connectivity index (χ3n) is 2.21. The fourth-order valence-electron chi connectivity index (χ4n) is 1.47. The molecule has 84 valence electrons. The number of nitrogen functional groups attached to an aromatic ring is 1. The smallest absolute Gasteiger partial charge is 0.204 e. The molecule has 0 aromatic heterocycles. The molecule has 2 rings (SSSR count). The first-order valence-corrected chi connectivity index (χ1v) is 4.25. The Kier molecular flexibility index (Phi) is 1.65. The van der Waals surface area contributed by atoms with Crippen molar-refractivity contribution in [1.29, 1.82) is 0 Å². The van der Waals surface area contributed by atoms with E-state index in [1.165, 1.54) is 6.07 Å². The summed E-state index contributed by atoms with van der Waals surface area (Å²) in [5, 5.41) is -0.556. The molecule has 0 radical (unpaired) electrons. The lowest BCUT2D eigenvalue weighted by molar-refractivity contribution is 0.367. The van der Waals surface area contributed by atoms with Gasteiger partial charge >= 0.3 is 0 Å². The van der Waals surface area contributed by atoms with E-state index in [1.807, 2.05) is 0 Å². The van der Waals surface area contributed by atoms with Gasteiger partial charge in [0.1, 0.15) is 0 Å². The number of hydrogen-bond donors (Lipinski definition) is 1. The fraction of sp³-hybridized carbons (Fsp3) is 0.0909. The van der Waals surface area contributed by atoms with E-state index in [2.05, 4.69) is 4.74 Å². The molecule has 0 bridgehead atoms. The van der Waals surface area contributed by atoms with E-state index in [4.69, 9.17) is 9.85 Å². The van der Waals surface area contributed by atoms with E-state index in [9.17, 15) is 13.2 Å². The number of anilines is 1. The maximum Gasteiger partial charge on any atom is 0.204 e. The van der Waals surface area contributed by atoms with Crippen molar-refractivity contribution in [3.05, 3.63) is 35.7 Å². The lowest BCUT2D eigenvalue weighted by Gasteiger charge is -2.09. The first-order valence-electron chi connectivity index (χ1n) is 5.75. The molecule has 16 heavy (non-hydrogen) atoms. The van der Waals surface area contributed by atoms with Crippen LogP contribution < -0.4 is 10.5 Å². The van der Waals surface area contributed by atoms with Gasteiger partial charge in [0.25, 0.3) is 0 Å². The molecule has 0 saturated carbocycles. The Morgan fingerprint density at radius 3 is 2.56 bits per heavy atom. The highest BCUT2D eigenvalue weighted by atomic mass is 19.2. The summed E-state index contributed by atoms with van der Waals surface area (Å²) in [6, 6.07) is 3.53. The van der Waals surface area contributed by atoms with Gasteiger partial charge in [-0.25, -0.2) is 8.78 Å². The van der Waals surface area contributed by atoms with Crippen LogP contribution in [-0.2, 0) is 0 Å². The maximum atomic E-state index is 13.6. The lowest BCUT2D eigenvalue weighted by atomic mass is 10.1. The molecule has 0 amide bonds. The Bertz CT molecular complexity index is 658. The number of hydrogen-bond acceptors (Lipinski definition) is 2. The number of fused-ring (bicyclic) bond motifs is 1. The Hall–Kier alpha value is -1.91. The summed E-state index contributed by atoms with van der Waals surface area (Å²) in [4.78, 5) is 0. The molecule has 2 N–H and O–H groups in total. The molecule has 2 aromatic carbocycles. The van der Waals surface area contributed by atoms with Gasteiger partial charge in [-0.2, -0.15) is 4.39 Å². The second kappa shape index (κ2) is 3.59. The average Bonchev–Trinajstić information content (AvgIpc) is 2.31. The van der Waals surface area contributed by atoms with Crippen molar-refractivity contribution >= 4 is 16.5 Å². The Morgan fingerprint density at radius 2 is 1.88 bits per heavy atom. The number of halogens is 3. The summed E-state index contributed by atoms with van der Waals surface area (Å²) in [6.07, 6.45) is 0. The van der Waals surface area contributed by atoms with Gasteiger partial charge in [0.2, 0.25) is 5.82 Å².